The first-order valence-electron chi connectivity index (χ1n) is 9.76. The fourth-order valence-electron chi connectivity index (χ4n) is 3.45. The molecule has 7 heteroatoms. The summed E-state index contributed by atoms with van der Waals surface area (Å²) in [5, 5.41) is 0. The molecule has 0 radical (unpaired) electrons. The normalized spacial score (nSPS) is 14.8. The van der Waals surface area contributed by atoms with Gasteiger partial charge in [-0.25, -0.2) is 12.7 Å². The van der Waals surface area contributed by atoms with E-state index < -0.39 is 16.1 Å². The van der Waals surface area contributed by atoms with E-state index in [9.17, 15) is 13.2 Å². The predicted molar refractivity (Wildman–Crippen MR) is 114 cm³/mol. The van der Waals surface area contributed by atoms with Crippen molar-refractivity contribution in [3.63, 3.8) is 0 Å². The molecule has 0 fully saturated rings. The van der Waals surface area contributed by atoms with Gasteiger partial charge in [-0.3, -0.25) is 4.79 Å². The molecule has 0 N–H and O–H groups in total. The molecule has 1 aliphatic heterocycles. The van der Waals surface area contributed by atoms with Gasteiger partial charge in [0, 0.05) is 26.3 Å². The minimum Gasteiger partial charge on any atom is -0.480 e. The number of anilines is 1. The van der Waals surface area contributed by atoms with Crippen LogP contribution in [0.4, 0.5) is 5.69 Å². The summed E-state index contributed by atoms with van der Waals surface area (Å²) in [4.78, 5) is 15.2. The molecule has 1 unspecified atom stereocenters. The van der Waals surface area contributed by atoms with Crippen LogP contribution in [0.15, 0.2) is 41.3 Å². The zero-order valence-corrected chi connectivity index (χ0v) is 18.4. The molecule has 6 nitrogen and oxygen atoms in total. The summed E-state index contributed by atoms with van der Waals surface area (Å²) in [6.07, 6.45) is 0.578. The first-order chi connectivity index (χ1) is 13.6. The summed E-state index contributed by atoms with van der Waals surface area (Å²) in [5.41, 5.74) is 3.69. The molecule has 0 saturated heterocycles. The van der Waals surface area contributed by atoms with E-state index in [0.717, 1.165) is 28.1 Å². The van der Waals surface area contributed by atoms with Gasteiger partial charge in [-0.15, -0.1) is 0 Å². The summed E-state index contributed by atoms with van der Waals surface area (Å²) >= 11 is 0. The van der Waals surface area contributed by atoms with Crippen molar-refractivity contribution in [3.8, 4) is 5.75 Å². The van der Waals surface area contributed by atoms with Crippen molar-refractivity contribution in [2.75, 3.05) is 25.5 Å². The number of ether oxygens (including phenoxy) is 1. The monoisotopic (exact) mass is 416 g/mol. The minimum absolute atomic E-state index is 0.102. The third kappa shape index (κ3) is 4.16. The molecule has 1 aliphatic rings. The van der Waals surface area contributed by atoms with E-state index in [1.807, 2.05) is 39.0 Å². The van der Waals surface area contributed by atoms with Crippen LogP contribution in [0, 0.1) is 13.8 Å². The van der Waals surface area contributed by atoms with Crippen LogP contribution in [0.25, 0.3) is 0 Å². The molecule has 2 aromatic carbocycles. The number of carbonyl (C=O) groups excluding carboxylic acids is 1. The number of sulfonamides is 1. The lowest BCUT2D eigenvalue weighted by Gasteiger charge is -2.25. The van der Waals surface area contributed by atoms with Crippen molar-refractivity contribution in [1.82, 2.24) is 4.31 Å². The number of hydrogen-bond donors (Lipinski definition) is 0. The number of carbonyl (C=O) groups is 1. The van der Waals surface area contributed by atoms with Crippen molar-refractivity contribution in [3.05, 3.63) is 53.1 Å². The molecule has 0 saturated carbocycles. The fraction of sp³-hybridized carbons (Fsp3) is 0.409. The molecule has 0 spiro atoms. The molecule has 2 aromatic rings. The lowest BCUT2D eigenvalue weighted by atomic mass is 10.1. The van der Waals surface area contributed by atoms with Gasteiger partial charge in [0.2, 0.25) is 10.0 Å². The molecule has 1 atom stereocenters. The first kappa shape index (κ1) is 21.3. The molecule has 1 amide bonds. The number of hydrogen-bond acceptors (Lipinski definition) is 4. The number of benzene rings is 2. The summed E-state index contributed by atoms with van der Waals surface area (Å²) in [6.45, 7) is 6.40. The van der Waals surface area contributed by atoms with Crippen LogP contribution in [-0.4, -0.2) is 45.4 Å². The Bertz CT molecular complexity index is 1030. The standard InChI is InChI=1S/C22H28N2O4S/c1-6-20(28-21-13-15(2)7-8-16(21)3)22(25)24-12-11-17-14-18(9-10-19(17)24)29(26,27)23(4)5/h7-10,13-14,20H,6,11-12H2,1-5H3. The van der Waals surface area contributed by atoms with Gasteiger partial charge >= 0.3 is 0 Å². The third-order valence-corrected chi connectivity index (χ3v) is 7.06. The van der Waals surface area contributed by atoms with E-state index in [1.54, 1.807) is 23.1 Å². The highest BCUT2D eigenvalue weighted by molar-refractivity contribution is 7.89. The van der Waals surface area contributed by atoms with Gasteiger partial charge in [0.15, 0.2) is 6.10 Å². The summed E-state index contributed by atoms with van der Waals surface area (Å²) in [7, 11) is -0.484. The zero-order valence-electron chi connectivity index (χ0n) is 17.6. The fourth-order valence-corrected chi connectivity index (χ4v) is 4.40. The van der Waals surface area contributed by atoms with Crippen LogP contribution in [0.1, 0.15) is 30.0 Å². The van der Waals surface area contributed by atoms with Gasteiger partial charge in [-0.2, -0.15) is 0 Å². The molecule has 0 aliphatic carbocycles. The van der Waals surface area contributed by atoms with Crippen LogP contribution in [0.2, 0.25) is 0 Å². The SMILES string of the molecule is CCC(Oc1cc(C)ccc1C)C(=O)N1CCc2cc(S(=O)(=O)N(C)C)ccc21. The highest BCUT2D eigenvalue weighted by Gasteiger charge is 2.32. The van der Waals surface area contributed by atoms with Crippen molar-refractivity contribution in [1.29, 1.82) is 0 Å². The summed E-state index contributed by atoms with van der Waals surface area (Å²) in [6, 6.07) is 10.9. The lowest BCUT2D eigenvalue weighted by molar-refractivity contribution is -0.125. The van der Waals surface area contributed by atoms with E-state index in [4.69, 9.17) is 4.74 Å². The topological polar surface area (TPSA) is 66.9 Å². The number of nitrogens with zero attached hydrogens (tertiary/aromatic N) is 2. The zero-order chi connectivity index (χ0) is 21.3. The Morgan fingerprint density at radius 2 is 1.90 bits per heavy atom. The Kier molecular flexibility index (Phi) is 6.00. The maximum atomic E-state index is 13.2. The second-order valence-corrected chi connectivity index (χ2v) is 9.75. The van der Waals surface area contributed by atoms with E-state index >= 15 is 0 Å². The van der Waals surface area contributed by atoms with Crippen LogP contribution in [0.5, 0.6) is 5.75 Å². The van der Waals surface area contributed by atoms with E-state index in [-0.39, 0.29) is 10.8 Å². The van der Waals surface area contributed by atoms with Gasteiger partial charge in [0.05, 0.1) is 4.90 Å². The van der Waals surface area contributed by atoms with Gasteiger partial charge in [0.1, 0.15) is 5.75 Å². The molecular formula is C22H28N2O4S. The molecule has 3 rings (SSSR count). The minimum atomic E-state index is -3.50. The molecule has 0 bridgehead atoms. The van der Waals surface area contributed by atoms with Gasteiger partial charge in [0.25, 0.3) is 5.91 Å². The van der Waals surface area contributed by atoms with Gasteiger partial charge < -0.3 is 9.64 Å². The molecular weight excluding hydrogens is 388 g/mol. The smallest absolute Gasteiger partial charge is 0.268 e. The van der Waals surface area contributed by atoms with E-state index in [2.05, 4.69) is 0 Å². The predicted octanol–water partition coefficient (Wildman–Crippen LogP) is 3.30. The van der Waals surface area contributed by atoms with Crippen LogP contribution >= 0.6 is 0 Å². The first-order valence-corrected chi connectivity index (χ1v) is 11.2. The highest BCUT2D eigenvalue weighted by atomic mass is 32.2. The maximum absolute atomic E-state index is 13.2. The summed E-state index contributed by atoms with van der Waals surface area (Å²) < 4.78 is 32.1. The van der Waals surface area contributed by atoms with Crippen molar-refractivity contribution in [2.24, 2.45) is 0 Å². The van der Waals surface area contributed by atoms with Crippen molar-refractivity contribution < 1.29 is 17.9 Å². The molecule has 29 heavy (non-hydrogen) atoms. The highest BCUT2D eigenvalue weighted by Crippen LogP contribution is 2.32. The average molecular weight is 417 g/mol. The van der Waals surface area contributed by atoms with Gasteiger partial charge in [-0.05, 0) is 67.6 Å². The second kappa shape index (κ2) is 8.16. The van der Waals surface area contributed by atoms with E-state index in [1.165, 1.54) is 18.4 Å². The number of rotatable bonds is 6. The number of fused-ring (bicyclic) bond motifs is 1. The van der Waals surface area contributed by atoms with Crippen molar-refractivity contribution >= 4 is 21.6 Å². The van der Waals surface area contributed by atoms with Crippen molar-refractivity contribution in [2.45, 2.75) is 44.6 Å². The van der Waals surface area contributed by atoms with Crippen LogP contribution in [-0.2, 0) is 21.2 Å². The maximum Gasteiger partial charge on any atom is 0.268 e. The largest absolute Gasteiger partial charge is 0.480 e. The Balaban J connectivity index is 1.85. The lowest BCUT2D eigenvalue weighted by Crippen LogP contribution is -2.41. The van der Waals surface area contributed by atoms with Crippen LogP contribution in [0.3, 0.4) is 0 Å². The third-order valence-electron chi connectivity index (χ3n) is 5.25. The average Bonchev–Trinajstić information content (AvgIpc) is 3.11. The molecule has 0 aromatic heterocycles. The Labute approximate surface area is 173 Å². The Morgan fingerprint density at radius 1 is 1.17 bits per heavy atom. The number of amides is 1. The summed E-state index contributed by atoms with van der Waals surface area (Å²) in [5.74, 6) is 0.618. The van der Waals surface area contributed by atoms with Gasteiger partial charge in [-0.1, -0.05) is 19.1 Å². The quantitative estimate of drug-likeness (QED) is 0.725. The Morgan fingerprint density at radius 3 is 2.55 bits per heavy atom. The second-order valence-electron chi connectivity index (χ2n) is 7.60. The Hall–Kier alpha value is -2.38. The molecule has 156 valence electrons. The van der Waals surface area contributed by atoms with E-state index in [0.29, 0.717) is 19.4 Å². The molecule has 1 heterocycles. The van der Waals surface area contributed by atoms with Crippen LogP contribution < -0.4 is 9.64 Å². The number of aryl methyl sites for hydroxylation is 2.